The van der Waals surface area contributed by atoms with E-state index in [0.717, 1.165) is 0 Å². The molecule has 1 N–H and O–H groups in total. The van der Waals surface area contributed by atoms with Crippen molar-refractivity contribution in [2.24, 2.45) is 0 Å². The van der Waals surface area contributed by atoms with Gasteiger partial charge in [-0.1, -0.05) is 24.3 Å². The number of carbonyl (C=O) groups is 3. The number of benzene rings is 2. The first-order valence-electron chi connectivity index (χ1n) is 8.52. The van der Waals surface area contributed by atoms with Crippen LogP contribution in [-0.4, -0.2) is 30.9 Å². The van der Waals surface area contributed by atoms with Gasteiger partial charge in [-0.15, -0.1) is 0 Å². The molecule has 0 saturated carbocycles. The smallest absolute Gasteiger partial charge is 0.340 e. The summed E-state index contributed by atoms with van der Waals surface area (Å²) in [5.41, 5.74) is 0.676. The van der Waals surface area contributed by atoms with E-state index in [1.54, 1.807) is 37.3 Å². The molecule has 7 heteroatoms. The summed E-state index contributed by atoms with van der Waals surface area (Å²) >= 11 is 0. The van der Waals surface area contributed by atoms with E-state index in [2.05, 4.69) is 5.32 Å². The summed E-state index contributed by atoms with van der Waals surface area (Å²) in [5.74, 6) is -1.86. The molecule has 0 bridgehead atoms. The Kier molecular flexibility index (Phi) is 7.05. The molecule has 2 aromatic rings. The van der Waals surface area contributed by atoms with E-state index in [0.29, 0.717) is 5.69 Å². The zero-order valence-electron chi connectivity index (χ0n) is 15.2. The van der Waals surface area contributed by atoms with Crippen LogP contribution in [-0.2, 0) is 14.3 Å². The molecule has 0 fully saturated rings. The summed E-state index contributed by atoms with van der Waals surface area (Å²) in [6.07, 6.45) is -0.0644. The largest absolute Gasteiger partial charge is 0.462 e. The molecule has 2 amide bonds. The van der Waals surface area contributed by atoms with E-state index >= 15 is 0 Å². The molecule has 0 aromatic heterocycles. The van der Waals surface area contributed by atoms with Gasteiger partial charge in [-0.05, 0) is 31.2 Å². The maximum absolute atomic E-state index is 13.6. The van der Waals surface area contributed by atoms with E-state index in [1.807, 2.05) is 0 Å². The predicted octanol–water partition coefficient (Wildman–Crippen LogP) is 3.38. The number of hydrogen-bond acceptors (Lipinski definition) is 4. The lowest BCUT2D eigenvalue weighted by Gasteiger charge is -2.23. The molecule has 0 radical (unpaired) electrons. The fraction of sp³-hybridized carbons (Fsp3) is 0.250. The van der Waals surface area contributed by atoms with Crippen LogP contribution in [0.15, 0.2) is 48.5 Å². The molecular weight excluding hydrogens is 351 g/mol. The molecule has 0 aliphatic carbocycles. The number of para-hydroxylation sites is 2. The number of halogens is 1. The first-order chi connectivity index (χ1) is 12.9. The standard InChI is InChI=1S/C20H21FN2O4/c1-3-27-20(26)15-8-4-7-11-18(15)23(14(2)24)13-12-19(25)22-17-10-6-5-9-16(17)21/h4-11H,3,12-13H2,1-2H3,(H,22,25). The SMILES string of the molecule is CCOC(=O)c1ccccc1N(CCC(=O)Nc1ccccc1F)C(C)=O. The third-order valence-corrected chi connectivity index (χ3v) is 3.78. The number of anilines is 2. The second kappa shape index (κ2) is 9.47. The van der Waals surface area contributed by atoms with Gasteiger partial charge in [0.1, 0.15) is 5.82 Å². The second-order valence-corrected chi connectivity index (χ2v) is 5.69. The third-order valence-electron chi connectivity index (χ3n) is 3.78. The highest BCUT2D eigenvalue weighted by molar-refractivity contribution is 6.02. The molecule has 0 heterocycles. The molecule has 2 rings (SSSR count). The van der Waals surface area contributed by atoms with Gasteiger partial charge in [-0.25, -0.2) is 9.18 Å². The Morgan fingerprint density at radius 2 is 1.74 bits per heavy atom. The van der Waals surface area contributed by atoms with Crippen LogP contribution >= 0.6 is 0 Å². The van der Waals surface area contributed by atoms with Gasteiger partial charge < -0.3 is 15.0 Å². The molecule has 0 unspecified atom stereocenters. The first-order valence-corrected chi connectivity index (χ1v) is 8.52. The van der Waals surface area contributed by atoms with Crippen LogP contribution in [0.5, 0.6) is 0 Å². The Labute approximate surface area is 156 Å². The number of amides is 2. The van der Waals surface area contributed by atoms with Gasteiger partial charge in [0.05, 0.1) is 23.5 Å². The fourth-order valence-corrected chi connectivity index (χ4v) is 2.53. The van der Waals surface area contributed by atoms with Gasteiger partial charge in [-0.3, -0.25) is 9.59 Å². The third kappa shape index (κ3) is 5.37. The fourth-order valence-electron chi connectivity index (χ4n) is 2.53. The minimum Gasteiger partial charge on any atom is -0.462 e. The molecule has 0 aliphatic heterocycles. The number of nitrogens with zero attached hydrogens (tertiary/aromatic N) is 1. The van der Waals surface area contributed by atoms with Gasteiger partial charge in [0, 0.05) is 19.9 Å². The average molecular weight is 372 g/mol. The zero-order valence-corrected chi connectivity index (χ0v) is 15.2. The van der Waals surface area contributed by atoms with Crippen molar-refractivity contribution in [2.45, 2.75) is 20.3 Å². The number of carbonyl (C=O) groups excluding carboxylic acids is 3. The Hall–Kier alpha value is -3.22. The van der Waals surface area contributed by atoms with Crippen LogP contribution in [0.2, 0.25) is 0 Å². The summed E-state index contributed by atoms with van der Waals surface area (Å²) in [7, 11) is 0. The average Bonchev–Trinajstić information content (AvgIpc) is 2.64. The van der Waals surface area contributed by atoms with Crippen LogP contribution in [0.4, 0.5) is 15.8 Å². The quantitative estimate of drug-likeness (QED) is 0.756. The van der Waals surface area contributed by atoms with Crippen LogP contribution in [0.3, 0.4) is 0 Å². The number of nitrogens with one attached hydrogen (secondary N) is 1. The molecular formula is C20H21FN2O4. The van der Waals surface area contributed by atoms with E-state index in [9.17, 15) is 18.8 Å². The van der Waals surface area contributed by atoms with Gasteiger partial charge in [-0.2, -0.15) is 0 Å². The minimum atomic E-state index is -0.546. The number of rotatable bonds is 7. The van der Waals surface area contributed by atoms with Gasteiger partial charge in [0.25, 0.3) is 0 Å². The van der Waals surface area contributed by atoms with Gasteiger partial charge in [0.15, 0.2) is 0 Å². The van der Waals surface area contributed by atoms with Crippen molar-refractivity contribution >= 4 is 29.2 Å². The molecule has 2 aromatic carbocycles. The Morgan fingerprint density at radius 1 is 1.07 bits per heavy atom. The second-order valence-electron chi connectivity index (χ2n) is 5.69. The Bertz CT molecular complexity index is 838. The lowest BCUT2D eigenvalue weighted by atomic mass is 10.1. The van der Waals surface area contributed by atoms with E-state index in [-0.39, 0.29) is 36.7 Å². The monoisotopic (exact) mass is 372 g/mol. The van der Waals surface area contributed by atoms with Crippen molar-refractivity contribution in [1.29, 1.82) is 0 Å². The van der Waals surface area contributed by atoms with Crippen molar-refractivity contribution in [3.63, 3.8) is 0 Å². The van der Waals surface area contributed by atoms with Crippen molar-refractivity contribution in [1.82, 2.24) is 0 Å². The molecule has 0 saturated heterocycles. The summed E-state index contributed by atoms with van der Waals surface area (Å²) in [6.45, 7) is 3.28. The molecule has 0 atom stereocenters. The first kappa shape index (κ1) is 20.1. The molecule has 6 nitrogen and oxygen atoms in total. The van der Waals surface area contributed by atoms with Crippen LogP contribution in [0.1, 0.15) is 30.6 Å². The summed E-state index contributed by atoms with van der Waals surface area (Å²) in [4.78, 5) is 37.7. The highest BCUT2D eigenvalue weighted by Crippen LogP contribution is 2.22. The highest BCUT2D eigenvalue weighted by atomic mass is 19.1. The molecule has 0 aliphatic rings. The van der Waals surface area contributed by atoms with Crippen LogP contribution in [0.25, 0.3) is 0 Å². The Morgan fingerprint density at radius 3 is 2.41 bits per heavy atom. The van der Waals surface area contributed by atoms with E-state index in [4.69, 9.17) is 4.74 Å². The van der Waals surface area contributed by atoms with Crippen LogP contribution < -0.4 is 10.2 Å². The van der Waals surface area contributed by atoms with Crippen molar-refractivity contribution in [2.75, 3.05) is 23.4 Å². The van der Waals surface area contributed by atoms with Crippen molar-refractivity contribution in [3.05, 3.63) is 59.9 Å². The predicted molar refractivity (Wildman–Crippen MR) is 100 cm³/mol. The zero-order chi connectivity index (χ0) is 19.8. The summed E-state index contributed by atoms with van der Waals surface area (Å²) in [5, 5.41) is 2.47. The summed E-state index contributed by atoms with van der Waals surface area (Å²) < 4.78 is 18.6. The van der Waals surface area contributed by atoms with Gasteiger partial charge >= 0.3 is 5.97 Å². The topological polar surface area (TPSA) is 75.7 Å². The van der Waals surface area contributed by atoms with Crippen molar-refractivity contribution < 1.29 is 23.5 Å². The Balaban J connectivity index is 2.13. The molecule has 0 spiro atoms. The number of ether oxygens (including phenoxy) is 1. The van der Waals surface area contributed by atoms with Crippen LogP contribution in [0, 0.1) is 5.82 Å². The molecule has 142 valence electrons. The maximum atomic E-state index is 13.6. The van der Waals surface area contributed by atoms with Gasteiger partial charge in [0.2, 0.25) is 11.8 Å². The number of esters is 1. The molecule has 27 heavy (non-hydrogen) atoms. The number of hydrogen-bond donors (Lipinski definition) is 1. The van der Waals surface area contributed by atoms with Crippen molar-refractivity contribution in [3.8, 4) is 0 Å². The van der Waals surface area contributed by atoms with E-state index < -0.39 is 17.7 Å². The lowest BCUT2D eigenvalue weighted by molar-refractivity contribution is -0.117. The van der Waals surface area contributed by atoms with E-state index in [1.165, 1.54) is 30.0 Å². The minimum absolute atomic E-state index is 0.0338. The maximum Gasteiger partial charge on any atom is 0.340 e. The highest BCUT2D eigenvalue weighted by Gasteiger charge is 2.21. The lowest BCUT2D eigenvalue weighted by Crippen LogP contribution is -2.33. The summed E-state index contributed by atoms with van der Waals surface area (Å²) in [6, 6.07) is 12.3. The normalized spacial score (nSPS) is 10.2.